The second-order valence-corrected chi connectivity index (χ2v) is 5.69. The number of carbonyl (C=O) groups excluding carboxylic acids is 1. The maximum atomic E-state index is 12.5. The van der Waals surface area contributed by atoms with Crippen molar-refractivity contribution in [2.24, 2.45) is 5.41 Å². The number of hydrogen-bond donors (Lipinski definition) is 2. The van der Waals surface area contributed by atoms with Crippen molar-refractivity contribution in [1.29, 1.82) is 0 Å². The van der Waals surface area contributed by atoms with Gasteiger partial charge in [0.05, 0.1) is 15.9 Å². The van der Waals surface area contributed by atoms with Crippen LogP contribution in [0.3, 0.4) is 0 Å². The van der Waals surface area contributed by atoms with Crippen LogP contribution in [0.15, 0.2) is 18.2 Å². The molecule has 0 radical (unpaired) electrons. The van der Waals surface area contributed by atoms with Crippen LogP contribution in [0.5, 0.6) is 0 Å². The highest BCUT2D eigenvalue weighted by Crippen LogP contribution is 2.32. The Morgan fingerprint density at radius 3 is 2.73 bits per heavy atom. The first-order valence-corrected chi connectivity index (χ1v) is 6.82. The van der Waals surface area contributed by atoms with Crippen LogP contribution in [0.2, 0.25) is 0 Å². The van der Waals surface area contributed by atoms with Crippen LogP contribution in [-0.4, -0.2) is 39.9 Å². The number of nitro benzene ring substituents is 1. The standard InChI is InChI=1S/C14H17N3O5/c1-14(13(19)20)6-3-7-16(8-14)12(18)9-4-2-5-10(11(9)15)17(21)22/h2,4-5H,3,6-8,15H2,1H3,(H,19,20). The zero-order valence-electron chi connectivity index (χ0n) is 12.1. The van der Waals surface area contributed by atoms with Gasteiger partial charge in [-0.1, -0.05) is 6.07 Å². The van der Waals surface area contributed by atoms with E-state index in [0.29, 0.717) is 19.4 Å². The number of nitrogen functional groups attached to an aromatic ring is 1. The second-order valence-electron chi connectivity index (χ2n) is 5.69. The summed E-state index contributed by atoms with van der Waals surface area (Å²) in [5.74, 6) is -1.44. The van der Waals surface area contributed by atoms with E-state index in [1.807, 2.05) is 0 Å². The van der Waals surface area contributed by atoms with Gasteiger partial charge in [0.2, 0.25) is 0 Å². The lowest BCUT2D eigenvalue weighted by Crippen LogP contribution is -2.48. The van der Waals surface area contributed by atoms with E-state index in [2.05, 4.69) is 0 Å². The molecular formula is C14H17N3O5. The van der Waals surface area contributed by atoms with Gasteiger partial charge in [-0.15, -0.1) is 0 Å². The topological polar surface area (TPSA) is 127 Å². The van der Waals surface area contributed by atoms with Crippen LogP contribution in [0.25, 0.3) is 0 Å². The molecule has 1 saturated heterocycles. The predicted octanol–water partition coefficient (Wildman–Crippen LogP) is 1.50. The Bertz CT molecular complexity index is 645. The minimum Gasteiger partial charge on any atom is -0.481 e. The first-order valence-electron chi connectivity index (χ1n) is 6.82. The third-order valence-corrected chi connectivity index (χ3v) is 4.01. The molecule has 1 heterocycles. The quantitative estimate of drug-likeness (QED) is 0.495. The van der Waals surface area contributed by atoms with Crippen molar-refractivity contribution >= 4 is 23.3 Å². The second kappa shape index (κ2) is 5.63. The molecule has 0 aromatic heterocycles. The fourth-order valence-electron chi connectivity index (χ4n) is 2.66. The number of carboxylic acid groups (broad SMARTS) is 1. The van der Waals surface area contributed by atoms with Gasteiger partial charge in [0.1, 0.15) is 5.69 Å². The van der Waals surface area contributed by atoms with Gasteiger partial charge in [0.25, 0.3) is 11.6 Å². The van der Waals surface area contributed by atoms with Gasteiger partial charge in [-0.2, -0.15) is 0 Å². The Kier molecular flexibility index (Phi) is 4.03. The number of aliphatic carboxylic acids is 1. The summed E-state index contributed by atoms with van der Waals surface area (Å²) in [6.45, 7) is 2.05. The van der Waals surface area contributed by atoms with Gasteiger partial charge in [0, 0.05) is 19.2 Å². The van der Waals surface area contributed by atoms with Crippen molar-refractivity contribution in [2.75, 3.05) is 18.8 Å². The summed E-state index contributed by atoms with van der Waals surface area (Å²) in [7, 11) is 0. The Balaban J connectivity index is 2.31. The lowest BCUT2D eigenvalue weighted by Gasteiger charge is -2.37. The van der Waals surface area contributed by atoms with Crippen molar-refractivity contribution < 1.29 is 19.6 Å². The molecule has 8 heteroatoms. The van der Waals surface area contributed by atoms with Crippen LogP contribution >= 0.6 is 0 Å². The Labute approximate surface area is 126 Å². The summed E-state index contributed by atoms with van der Waals surface area (Å²) in [4.78, 5) is 35.5. The maximum absolute atomic E-state index is 12.5. The van der Waals surface area contributed by atoms with E-state index in [0.717, 1.165) is 0 Å². The predicted molar refractivity (Wildman–Crippen MR) is 78.4 cm³/mol. The normalized spacial score (nSPS) is 21.4. The molecule has 1 unspecified atom stereocenters. The number of nitrogens with zero attached hydrogens (tertiary/aromatic N) is 2. The van der Waals surface area contributed by atoms with Crippen molar-refractivity contribution in [3.05, 3.63) is 33.9 Å². The Morgan fingerprint density at radius 2 is 2.14 bits per heavy atom. The Morgan fingerprint density at radius 1 is 1.45 bits per heavy atom. The van der Waals surface area contributed by atoms with E-state index in [1.54, 1.807) is 6.92 Å². The number of anilines is 1. The number of likely N-dealkylation sites (tertiary alicyclic amines) is 1. The highest BCUT2D eigenvalue weighted by atomic mass is 16.6. The van der Waals surface area contributed by atoms with Crippen molar-refractivity contribution in [3.63, 3.8) is 0 Å². The number of hydrogen-bond acceptors (Lipinski definition) is 5. The molecule has 0 spiro atoms. The van der Waals surface area contributed by atoms with Crippen LogP contribution in [-0.2, 0) is 4.79 Å². The van der Waals surface area contributed by atoms with E-state index < -0.39 is 22.2 Å². The molecule has 118 valence electrons. The van der Waals surface area contributed by atoms with Gasteiger partial charge >= 0.3 is 5.97 Å². The van der Waals surface area contributed by atoms with Crippen molar-refractivity contribution in [2.45, 2.75) is 19.8 Å². The highest BCUT2D eigenvalue weighted by Gasteiger charge is 2.40. The van der Waals surface area contributed by atoms with E-state index in [1.165, 1.54) is 23.1 Å². The van der Waals surface area contributed by atoms with Gasteiger partial charge in [-0.25, -0.2) is 0 Å². The number of rotatable bonds is 3. The van der Waals surface area contributed by atoms with Crippen LogP contribution < -0.4 is 5.73 Å². The Hall–Kier alpha value is -2.64. The van der Waals surface area contributed by atoms with E-state index in [9.17, 15) is 24.8 Å². The van der Waals surface area contributed by atoms with E-state index >= 15 is 0 Å². The number of carboxylic acids is 1. The number of nitrogens with two attached hydrogens (primary N) is 1. The van der Waals surface area contributed by atoms with Gasteiger partial charge < -0.3 is 15.7 Å². The molecule has 3 N–H and O–H groups in total. The average Bonchev–Trinajstić information content (AvgIpc) is 2.46. The summed E-state index contributed by atoms with van der Waals surface area (Å²) >= 11 is 0. The van der Waals surface area contributed by atoms with Gasteiger partial charge in [-0.3, -0.25) is 19.7 Å². The lowest BCUT2D eigenvalue weighted by molar-refractivity contribution is -0.383. The summed E-state index contributed by atoms with van der Waals surface area (Å²) in [6, 6.07) is 4.03. The average molecular weight is 307 g/mol. The summed E-state index contributed by atoms with van der Waals surface area (Å²) < 4.78 is 0. The smallest absolute Gasteiger partial charge is 0.311 e. The molecule has 0 bridgehead atoms. The monoisotopic (exact) mass is 307 g/mol. The summed E-state index contributed by atoms with van der Waals surface area (Å²) in [5.41, 5.74) is 4.21. The number of carbonyl (C=O) groups is 2. The molecule has 1 aliphatic rings. The minimum atomic E-state index is -1.01. The summed E-state index contributed by atoms with van der Waals surface area (Å²) in [6.07, 6.45) is 1.04. The van der Waals surface area contributed by atoms with E-state index in [4.69, 9.17) is 5.73 Å². The zero-order valence-corrected chi connectivity index (χ0v) is 12.1. The maximum Gasteiger partial charge on any atom is 0.311 e. The van der Waals surface area contributed by atoms with Crippen molar-refractivity contribution in [1.82, 2.24) is 4.90 Å². The first kappa shape index (κ1) is 15.7. The fourth-order valence-corrected chi connectivity index (χ4v) is 2.66. The third-order valence-electron chi connectivity index (χ3n) is 4.01. The molecule has 1 fully saturated rings. The summed E-state index contributed by atoms with van der Waals surface area (Å²) in [5, 5.41) is 20.2. The van der Waals surface area contributed by atoms with E-state index in [-0.39, 0.29) is 23.5 Å². The van der Waals surface area contributed by atoms with Crippen molar-refractivity contribution in [3.8, 4) is 0 Å². The molecule has 2 rings (SSSR count). The molecule has 1 atom stereocenters. The van der Waals surface area contributed by atoms with Gasteiger partial charge in [0.15, 0.2) is 0 Å². The number of piperidine rings is 1. The molecule has 22 heavy (non-hydrogen) atoms. The molecule has 1 aromatic rings. The molecule has 1 amide bonds. The fraction of sp³-hybridized carbons (Fsp3) is 0.429. The molecule has 1 aromatic carbocycles. The van der Waals surface area contributed by atoms with Gasteiger partial charge in [-0.05, 0) is 25.8 Å². The lowest BCUT2D eigenvalue weighted by atomic mass is 9.82. The molecule has 1 aliphatic heterocycles. The first-order chi connectivity index (χ1) is 10.3. The molecule has 0 aliphatic carbocycles. The van der Waals surface area contributed by atoms with Crippen LogP contribution in [0, 0.1) is 15.5 Å². The molecular weight excluding hydrogens is 290 g/mol. The third kappa shape index (κ3) is 2.72. The molecule has 0 saturated carbocycles. The minimum absolute atomic E-state index is 0.0313. The SMILES string of the molecule is CC1(C(=O)O)CCCN(C(=O)c2cccc([N+](=O)[O-])c2N)C1. The van der Waals surface area contributed by atoms with Crippen LogP contribution in [0.4, 0.5) is 11.4 Å². The number of nitro groups is 1. The number of amides is 1. The largest absolute Gasteiger partial charge is 0.481 e. The number of para-hydroxylation sites is 1. The highest BCUT2D eigenvalue weighted by molar-refractivity contribution is 6.01. The molecule has 8 nitrogen and oxygen atoms in total. The number of benzene rings is 1. The zero-order chi connectivity index (χ0) is 16.5. The van der Waals surface area contributed by atoms with Crippen LogP contribution in [0.1, 0.15) is 30.1 Å².